The van der Waals surface area contributed by atoms with Crippen molar-refractivity contribution in [1.82, 2.24) is 10.2 Å². The lowest BCUT2D eigenvalue weighted by Gasteiger charge is -2.13. The minimum Gasteiger partial charge on any atom is -0.493 e. The molecule has 1 N–H and O–H groups in total. The SMILES string of the molecule is COC(=O)COc1c(Cl)cc(/C=C2/NC(=O)N(Cc3ccc(C)cc3)C2=O)cc1OC. The number of ether oxygens (including phenoxy) is 3. The molecule has 9 heteroatoms. The fraction of sp³-hybridized carbons (Fsp3) is 0.227. The van der Waals surface area contributed by atoms with E-state index in [1.165, 1.54) is 26.4 Å². The molecule has 2 aromatic carbocycles. The number of rotatable bonds is 7. The van der Waals surface area contributed by atoms with Gasteiger partial charge in [-0.25, -0.2) is 9.59 Å². The monoisotopic (exact) mass is 444 g/mol. The second-order valence-corrected chi connectivity index (χ2v) is 7.17. The topological polar surface area (TPSA) is 94.2 Å². The molecule has 0 radical (unpaired) electrons. The summed E-state index contributed by atoms with van der Waals surface area (Å²) in [5.41, 5.74) is 2.55. The Morgan fingerprint density at radius 2 is 1.87 bits per heavy atom. The average molecular weight is 445 g/mol. The zero-order valence-corrected chi connectivity index (χ0v) is 18.0. The number of amides is 3. The fourth-order valence-electron chi connectivity index (χ4n) is 2.91. The van der Waals surface area contributed by atoms with Gasteiger partial charge in [0.25, 0.3) is 5.91 Å². The van der Waals surface area contributed by atoms with E-state index >= 15 is 0 Å². The van der Waals surface area contributed by atoms with Crippen LogP contribution in [0, 0.1) is 6.92 Å². The maximum Gasteiger partial charge on any atom is 0.343 e. The van der Waals surface area contributed by atoms with Gasteiger partial charge in [-0.1, -0.05) is 41.4 Å². The lowest BCUT2D eigenvalue weighted by atomic mass is 10.1. The number of nitrogens with zero attached hydrogens (tertiary/aromatic N) is 1. The molecule has 1 fully saturated rings. The molecule has 0 spiro atoms. The fourth-order valence-corrected chi connectivity index (χ4v) is 3.18. The van der Waals surface area contributed by atoms with E-state index in [1.807, 2.05) is 31.2 Å². The van der Waals surface area contributed by atoms with Crippen molar-refractivity contribution in [3.8, 4) is 11.5 Å². The molecule has 0 aromatic heterocycles. The first kappa shape index (κ1) is 22.2. The molecular weight excluding hydrogens is 424 g/mol. The summed E-state index contributed by atoms with van der Waals surface area (Å²) >= 11 is 6.27. The second kappa shape index (κ2) is 9.53. The van der Waals surface area contributed by atoms with Crippen molar-refractivity contribution in [2.75, 3.05) is 20.8 Å². The molecule has 0 aliphatic carbocycles. The molecule has 1 aliphatic rings. The number of halogens is 1. The standard InChI is InChI=1S/C22H21ClN2O6/c1-13-4-6-14(7-5-13)11-25-21(27)17(24-22(25)28)9-15-8-16(23)20(18(10-15)29-2)31-12-19(26)30-3/h4-10H,11-12H2,1-3H3,(H,24,28)/b17-9+. The Morgan fingerprint density at radius 1 is 1.16 bits per heavy atom. The van der Waals surface area contributed by atoms with Crippen molar-refractivity contribution < 1.29 is 28.6 Å². The minimum absolute atomic E-state index is 0.110. The third-order valence-corrected chi connectivity index (χ3v) is 4.83. The molecule has 2 aromatic rings. The van der Waals surface area contributed by atoms with Crippen molar-refractivity contribution in [3.63, 3.8) is 0 Å². The zero-order valence-electron chi connectivity index (χ0n) is 17.2. The summed E-state index contributed by atoms with van der Waals surface area (Å²) in [7, 11) is 2.66. The molecule has 3 amide bonds. The van der Waals surface area contributed by atoms with Crippen molar-refractivity contribution in [3.05, 3.63) is 63.8 Å². The number of methoxy groups -OCH3 is 2. The van der Waals surface area contributed by atoms with Gasteiger partial charge in [-0.3, -0.25) is 9.69 Å². The smallest absolute Gasteiger partial charge is 0.343 e. The van der Waals surface area contributed by atoms with Crippen LogP contribution < -0.4 is 14.8 Å². The molecule has 1 saturated heterocycles. The molecule has 1 heterocycles. The molecule has 0 saturated carbocycles. The number of carbonyl (C=O) groups is 3. The first-order valence-corrected chi connectivity index (χ1v) is 9.67. The maximum atomic E-state index is 12.7. The largest absolute Gasteiger partial charge is 0.493 e. The van der Waals surface area contributed by atoms with Crippen LogP contribution in [0.1, 0.15) is 16.7 Å². The Balaban J connectivity index is 1.81. The molecule has 162 valence electrons. The number of esters is 1. The van der Waals surface area contributed by atoms with Crippen LogP contribution in [0.3, 0.4) is 0 Å². The van der Waals surface area contributed by atoms with Gasteiger partial charge >= 0.3 is 12.0 Å². The van der Waals surface area contributed by atoms with Crippen LogP contribution in [0.5, 0.6) is 11.5 Å². The molecule has 31 heavy (non-hydrogen) atoms. The van der Waals surface area contributed by atoms with Crippen molar-refractivity contribution in [2.45, 2.75) is 13.5 Å². The van der Waals surface area contributed by atoms with Gasteiger partial charge in [0.2, 0.25) is 0 Å². The van der Waals surface area contributed by atoms with Crippen LogP contribution >= 0.6 is 11.6 Å². The Morgan fingerprint density at radius 3 is 2.52 bits per heavy atom. The van der Waals surface area contributed by atoms with Crippen molar-refractivity contribution in [1.29, 1.82) is 0 Å². The van der Waals surface area contributed by atoms with E-state index in [-0.39, 0.29) is 35.4 Å². The quantitative estimate of drug-likeness (QED) is 0.400. The summed E-state index contributed by atoms with van der Waals surface area (Å²) < 4.78 is 15.2. The normalized spacial score (nSPS) is 14.6. The first-order chi connectivity index (χ1) is 14.8. The van der Waals surface area contributed by atoms with Gasteiger partial charge < -0.3 is 19.5 Å². The summed E-state index contributed by atoms with van der Waals surface area (Å²) in [5, 5.41) is 2.75. The Labute approximate surface area is 184 Å². The number of imide groups is 1. The van der Waals surface area contributed by atoms with Crippen LogP contribution in [0.15, 0.2) is 42.1 Å². The minimum atomic E-state index is -0.572. The number of urea groups is 1. The van der Waals surface area contributed by atoms with Gasteiger partial charge in [-0.05, 0) is 36.3 Å². The Hall–Kier alpha value is -3.52. The molecule has 3 rings (SSSR count). The van der Waals surface area contributed by atoms with E-state index in [0.29, 0.717) is 5.56 Å². The molecule has 1 aliphatic heterocycles. The van der Waals surface area contributed by atoms with Crippen LogP contribution in [-0.4, -0.2) is 43.6 Å². The maximum absolute atomic E-state index is 12.7. The molecular formula is C22H21ClN2O6. The van der Waals surface area contributed by atoms with Gasteiger partial charge in [0.1, 0.15) is 5.70 Å². The van der Waals surface area contributed by atoms with Gasteiger partial charge in [0, 0.05) is 0 Å². The highest BCUT2D eigenvalue weighted by Gasteiger charge is 2.33. The number of carbonyl (C=O) groups excluding carboxylic acids is 3. The highest BCUT2D eigenvalue weighted by atomic mass is 35.5. The lowest BCUT2D eigenvalue weighted by Crippen LogP contribution is -2.30. The average Bonchev–Trinajstić information content (AvgIpc) is 3.01. The number of aryl methyl sites for hydroxylation is 1. The van der Waals surface area contributed by atoms with Crippen LogP contribution in [-0.2, 0) is 20.9 Å². The summed E-state index contributed by atoms with van der Waals surface area (Å²) in [4.78, 5) is 37.5. The van der Waals surface area contributed by atoms with Gasteiger partial charge in [0.05, 0.1) is 25.8 Å². The van der Waals surface area contributed by atoms with E-state index in [0.717, 1.165) is 16.0 Å². The molecule has 0 atom stereocenters. The summed E-state index contributed by atoms with van der Waals surface area (Å²) in [6.07, 6.45) is 1.49. The van der Waals surface area contributed by atoms with E-state index in [1.54, 1.807) is 6.07 Å². The van der Waals surface area contributed by atoms with Gasteiger partial charge in [-0.15, -0.1) is 0 Å². The number of hydrogen-bond acceptors (Lipinski definition) is 6. The van der Waals surface area contributed by atoms with Crippen LogP contribution in [0.25, 0.3) is 6.08 Å². The van der Waals surface area contributed by atoms with E-state index in [4.69, 9.17) is 21.1 Å². The molecule has 0 unspecified atom stereocenters. The van der Waals surface area contributed by atoms with Crippen molar-refractivity contribution >= 4 is 35.6 Å². The number of benzene rings is 2. The Bertz CT molecular complexity index is 1050. The lowest BCUT2D eigenvalue weighted by molar-refractivity contribution is -0.142. The third-order valence-electron chi connectivity index (χ3n) is 4.55. The van der Waals surface area contributed by atoms with Gasteiger partial charge in [0.15, 0.2) is 18.1 Å². The summed E-state index contributed by atoms with van der Waals surface area (Å²) in [6.45, 7) is 1.78. The number of nitrogens with one attached hydrogen (secondary N) is 1. The highest BCUT2D eigenvalue weighted by Crippen LogP contribution is 2.37. The van der Waals surface area contributed by atoms with Crippen LogP contribution in [0.2, 0.25) is 5.02 Å². The third kappa shape index (κ3) is 5.16. The first-order valence-electron chi connectivity index (χ1n) is 9.29. The van der Waals surface area contributed by atoms with Gasteiger partial charge in [-0.2, -0.15) is 0 Å². The Kier molecular flexibility index (Phi) is 6.81. The molecule has 8 nitrogen and oxygen atoms in total. The summed E-state index contributed by atoms with van der Waals surface area (Å²) in [5.74, 6) is -0.597. The van der Waals surface area contributed by atoms with Crippen LogP contribution in [0.4, 0.5) is 4.79 Å². The second-order valence-electron chi connectivity index (χ2n) is 6.76. The molecule has 0 bridgehead atoms. The number of hydrogen-bond donors (Lipinski definition) is 1. The predicted molar refractivity (Wildman–Crippen MR) is 114 cm³/mol. The predicted octanol–water partition coefficient (Wildman–Crippen LogP) is 3.30. The van der Waals surface area contributed by atoms with E-state index in [2.05, 4.69) is 10.1 Å². The van der Waals surface area contributed by atoms with Crippen molar-refractivity contribution in [2.24, 2.45) is 0 Å². The zero-order chi connectivity index (χ0) is 22.5. The summed E-state index contributed by atoms with van der Waals surface area (Å²) in [6, 6.07) is 10.2. The van der Waals surface area contributed by atoms with E-state index in [9.17, 15) is 14.4 Å². The highest BCUT2D eigenvalue weighted by molar-refractivity contribution is 6.32. The van der Waals surface area contributed by atoms with E-state index < -0.39 is 17.9 Å².